The number of oxazole rings is 1. The summed E-state index contributed by atoms with van der Waals surface area (Å²) in [7, 11) is -3.90. The lowest BCUT2D eigenvalue weighted by Gasteiger charge is -2.15. The van der Waals surface area contributed by atoms with Crippen molar-refractivity contribution in [3.63, 3.8) is 0 Å². The lowest BCUT2D eigenvalue weighted by atomic mass is 9.97. The molecule has 0 atom stereocenters. The first-order valence-electron chi connectivity index (χ1n) is 13.9. The van der Waals surface area contributed by atoms with Crippen LogP contribution in [0.1, 0.15) is 36.3 Å². The number of nitrogens with zero attached hydrogens (tertiary/aromatic N) is 3. The van der Waals surface area contributed by atoms with E-state index in [1.54, 1.807) is 18.2 Å². The first-order valence-corrected chi connectivity index (χ1v) is 15.7. The van der Waals surface area contributed by atoms with E-state index in [-0.39, 0.29) is 21.8 Å². The second-order valence-corrected chi connectivity index (χ2v) is 12.5. The van der Waals surface area contributed by atoms with Crippen molar-refractivity contribution >= 4 is 9.84 Å². The molecule has 0 saturated carbocycles. The van der Waals surface area contributed by atoms with Crippen molar-refractivity contribution in [3.05, 3.63) is 89.6 Å². The standard InChI is InChI=1S/C32H29F4N3O5S/c1-5-6-29-38-30(31(43-29)20-7-10-23(11-8-20)44-32(34,35)36)24-13-21(9-12-27(24)39-16-18(2)37-19(39)3)22-14-26(33)25(17-40)28(15-22)45(4,41)42/h7-16,40H,5-6,17H2,1-4H3. The largest absolute Gasteiger partial charge is 0.573 e. The van der Waals surface area contributed by atoms with Gasteiger partial charge in [0.05, 0.1) is 22.9 Å². The van der Waals surface area contributed by atoms with Crippen LogP contribution in [-0.4, -0.2) is 40.7 Å². The summed E-state index contributed by atoms with van der Waals surface area (Å²) in [5.41, 5.74) is 3.03. The molecule has 2 heterocycles. The highest BCUT2D eigenvalue weighted by Gasteiger charge is 2.31. The Balaban J connectivity index is 1.76. The van der Waals surface area contributed by atoms with Crippen molar-refractivity contribution in [2.75, 3.05) is 6.26 Å². The fourth-order valence-corrected chi connectivity index (χ4v) is 6.06. The van der Waals surface area contributed by atoms with Crippen LogP contribution in [0.25, 0.3) is 39.4 Å². The predicted molar refractivity (Wildman–Crippen MR) is 159 cm³/mol. The highest BCUT2D eigenvalue weighted by Crippen LogP contribution is 2.40. The zero-order valence-electron chi connectivity index (χ0n) is 24.7. The Labute approximate surface area is 256 Å². The number of rotatable bonds is 9. The minimum Gasteiger partial charge on any atom is -0.440 e. The number of aliphatic hydroxyl groups excluding tert-OH is 1. The van der Waals surface area contributed by atoms with Crippen LogP contribution in [0.5, 0.6) is 5.75 Å². The molecule has 0 aliphatic carbocycles. The molecule has 0 fully saturated rings. The average Bonchev–Trinajstić information content (AvgIpc) is 3.53. The van der Waals surface area contributed by atoms with E-state index in [0.29, 0.717) is 52.6 Å². The molecule has 13 heteroatoms. The number of aliphatic hydroxyl groups is 1. The molecule has 0 saturated heterocycles. The van der Waals surface area contributed by atoms with Gasteiger partial charge in [0.1, 0.15) is 23.1 Å². The Kier molecular flexibility index (Phi) is 8.60. The van der Waals surface area contributed by atoms with E-state index in [0.717, 1.165) is 18.0 Å². The first-order chi connectivity index (χ1) is 21.2. The Morgan fingerprint density at radius 3 is 2.24 bits per heavy atom. The third-order valence-corrected chi connectivity index (χ3v) is 8.21. The Morgan fingerprint density at radius 1 is 0.978 bits per heavy atom. The van der Waals surface area contributed by atoms with Crippen molar-refractivity contribution in [3.8, 4) is 45.1 Å². The summed E-state index contributed by atoms with van der Waals surface area (Å²) in [5.74, 6) is 0.0555. The molecule has 45 heavy (non-hydrogen) atoms. The second kappa shape index (κ2) is 12.1. The van der Waals surface area contributed by atoms with E-state index < -0.39 is 34.4 Å². The number of aryl methyl sites for hydroxylation is 3. The minimum atomic E-state index is -4.85. The summed E-state index contributed by atoms with van der Waals surface area (Å²) in [5, 5.41) is 9.67. The van der Waals surface area contributed by atoms with Crippen LogP contribution in [-0.2, 0) is 22.9 Å². The SMILES string of the molecule is CCCc1nc(-c2cc(-c3cc(F)c(CO)c(S(C)(=O)=O)c3)ccc2-n2cc(C)nc2C)c(-c2ccc(OC(F)(F)F)cc2)o1. The van der Waals surface area contributed by atoms with Gasteiger partial charge in [-0.1, -0.05) is 13.0 Å². The quantitative estimate of drug-likeness (QED) is 0.167. The predicted octanol–water partition coefficient (Wildman–Crippen LogP) is 7.36. The number of hydrogen-bond acceptors (Lipinski definition) is 7. The molecule has 0 bridgehead atoms. The van der Waals surface area contributed by atoms with Gasteiger partial charge in [-0.05, 0) is 79.9 Å². The van der Waals surface area contributed by atoms with Gasteiger partial charge < -0.3 is 18.8 Å². The fraction of sp³-hybridized carbons (Fsp3) is 0.250. The lowest BCUT2D eigenvalue weighted by Crippen LogP contribution is -2.16. The van der Waals surface area contributed by atoms with Crippen molar-refractivity contribution in [1.82, 2.24) is 14.5 Å². The van der Waals surface area contributed by atoms with E-state index in [2.05, 4.69) is 9.72 Å². The third kappa shape index (κ3) is 6.79. The maximum atomic E-state index is 15.1. The monoisotopic (exact) mass is 643 g/mol. The van der Waals surface area contributed by atoms with Gasteiger partial charge in [0, 0.05) is 35.6 Å². The molecule has 8 nitrogen and oxygen atoms in total. The van der Waals surface area contributed by atoms with E-state index in [9.17, 15) is 26.7 Å². The van der Waals surface area contributed by atoms with Gasteiger partial charge in [-0.25, -0.2) is 22.8 Å². The van der Waals surface area contributed by atoms with E-state index >= 15 is 4.39 Å². The van der Waals surface area contributed by atoms with Crippen molar-refractivity contribution in [2.24, 2.45) is 0 Å². The van der Waals surface area contributed by atoms with Gasteiger partial charge in [-0.3, -0.25) is 0 Å². The van der Waals surface area contributed by atoms with E-state index in [1.807, 2.05) is 31.5 Å². The fourth-order valence-electron chi connectivity index (χ4n) is 5.11. The van der Waals surface area contributed by atoms with Gasteiger partial charge in [0.15, 0.2) is 21.5 Å². The number of aromatic nitrogens is 3. The Morgan fingerprint density at radius 2 is 1.67 bits per heavy atom. The zero-order chi connectivity index (χ0) is 32.7. The summed E-state index contributed by atoms with van der Waals surface area (Å²) in [6.07, 6.45) is -0.914. The molecule has 3 aromatic carbocycles. The highest BCUT2D eigenvalue weighted by atomic mass is 32.2. The third-order valence-electron chi connectivity index (χ3n) is 7.04. The number of sulfone groups is 1. The minimum absolute atomic E-state index is 0.240. The molecule has 2 aromatic heterocycles. The average molecular weight is 644 g/mol. The molecule has 0 spiro atoms. The number of ether oxygens (including phenoxy) is 1. The molecule has 236 valence electrons. The Hall–Kier alpha value is -4.49. The summed E-state index contributed by atoms with van der Waals surface area (Å²) in [6, 6.07) is 12.8. The van der Waals surface area contributed by atoms with Gasteiger partial charge in [-0.15, -0.1) is 13.2 Å². The molecule has 0 amide bonds. The maximum absolute atomic E-state index is 15.1. The molecular weight excluding hydrogens is 614 g/mol. The molecule has 0 unspecified atom stereocenters. The molecule has 5 rings (SSSR count). The zero-order valence-corrected chi connectivity index (χ0v) is 25.6. The Bertz CT molecular complexity index is 1980. The van der Waals surface area contributed by atoms with E-state index in [4.69, 9.17) is 9.40 Å². The van der Waals surface area contributed by atoms with E-state index in [1.165, 1.54) is 30.3 Å². The van der Waals surface area contributed by atoms with Crippen LogP contribution in [0.15, 0.2) is 70.1 Å². The van der Waals surface area contributed by atoms with Crippen molar-refractivity contribution in [1.29, 1.82) is 0 Å². The van der Waals surface area contributed by atoms with Crippen LogP contribution in [0.2, 0.25) is 0 Å². The molecule has 0 aliphatic rings. The number of halogens is 4. The lowest BCUT2D eigenvalue weighted by molar-refractivity contribution is -0.274. The summed E-state index contributed by atoms with van der Waals surface area (Å²) >= 11 is 0. The maximum Gasteiger partial charge on any atom is 0.573 e. The summed E-state index contributed by atoms with van der Waals surface area (Å²) in [4.78, 5) is 8.94. The van der Waals surface area contributed by atoms with Crippen LogP contribution in [0.4, 0.5) is 17.6 Å². The smallest absolute Gasteiger partial charge is 0.440 e. The number of imidazole rings is 1. The van der Waals surface area contributed by atoms with Crippen LogP contribution >= 0.6 is 0 Å². The van der Waals surface area contributed by atoms with Crippen LogP contribution in [0.3, 0.4) is 0 Å². The molecule has 0 radical (unpaired) electrons. The van der Waals surface area contributed by atoms with Crippen molar-refractivity contribution < 1.29 is 40.2 Å². The molecule has 0 aliphatic heterocycles. The van der Waals surface area contributed by atoms with Crippen LogP contribution < -0.4 is 4.74 Å². The van der Waals surface area contributed by atoms with Gasteiger partial charge in [0.2, 0.25) is 0 Å². The van der Waals surface area contributed by atoms with Crippen LogP contribution in [0, 0.1) is 19.7 Å². The number of alkyl halides is 3. The first kappa shape index (κ1) is 31.9. The van der Waals surface area contributed by atoms with Gasteiger partial charge in [-0.2, -0.15) is 0 Å². The normalized spacial score (nSPS) is 12.1. The molecule has 5 aromatic rings. The van der Waals surface area contributed by atoms with Gasteiger partial charge in [0.25, 0.3) is 0 Å². The summed E-state index contributed by atoms with van der Waals surface area (Å²) < 4.78 is 90.5. The number of benzene rings is 3. The summed E-state index contributed by atoms with van der Waals surface area (Å²) in [6.45, 7) is 4.80. The second-order valence-electron chi connectivity index (χ2n) is 10.5. The highest BCUT2D eigenvalue weighted by molar-refractivity contribution is 7.90. The number of hydrogen-bond donors (Lipinski definition) is 1. The topological polar surface area (TPSA) is 107 Å². The van der Waals surface area contributed by atoms with Gasteiger partial charge >= 0.3 is 6.36 Å². The van der Waals surface area contributed by atoms with Crippen molar-refractivity contribution in [2.45, 2.75) is 51.5 Å². The molecular formula is C32H29F4N3O5S. The molecule has 1 N–H and O–H groups in total.